The van der Waals surface area contributed by atoms with Gasteiger partial charge in [-0.05, 0) is 26.8 Å². The third-order valence-corrected chi connectivity index (χ3v) is 4.37. The lowest BCUT2D eigenvalue weighted by Crippen LogP contribution is -2.43. The molecule has 1 aliphatic heterocycles. The minimum Gasteiger partial charge on any atom is -0.314 e. The minimum absolute atomic E-state index is 0.167. The van der Waals surface area contributed by atoms with E-state index in [1.165, 1.54) is 4.68 Å². The van der Waals surface area contributed by atoms with Gasteiger partial charge in [-0.25, -0.2) is 14.8 Å². The van der Waals surface area contributed by atoms with Gasteiger partial charge in [0.25, 0.3) is 5.95 Å². The molecule has 1 atom stereocenters. The number of amides is 2. The molecule has 0 saturated carbocycles. The van der Waals surface area contributed by atoms with Crippen LogP contribution in [0.5, 0.6) is 0 Å². The summed E-state index contributed by atoms with van der Waals surface area (Å²) in [5.41, 5.74) is 1.67. The zero-order valence-corrected chi connectivity index (χ0v) is 14.8. The Balaban J connectivity index is 1.57. The molecule has 4 heterocycles. The molecule has 4 rings (SSSR count). The van der Waals surface area contributed by atoms with E-state index >= 15 is 0 Å². The fourth-order valence-electron chi connectivity index (χ4n) is 3.13. The number of aromatic nitrogens is 7. The first-order chi connectivity index (χ1) is 12.5. The molecule has 3 aromatic heterocycles. The molecule has 1 aliphatic rings. The molecule has 26 heavy (non-hydrogen) atoms. The Morgan fingerprint density at radius 3 is 2.77 bits per heavy atom. The molecule has 0 bridgehead atoms. The second kappa shape index (κ2) is 6.21. The van der Waals surface area contributed by atoms with Gasteiger partial charge in [0, 0.05) is 30.5 Å². The van der Waals surface area contributed by atoms with Gasteiger partial charge in [-0.15, -0.1) is 10.2 Å². The van der Waals surface area contributed by atoms with Gasteiger partial charge < -0.3 is 9.47 Å². The standard InChI is InChI=1S/C16H19N9O/c1-10-8-11(2)20-15(19-10)25-13(4-5-18-25)21-16(26)24-7-6-23-9-17-22-14(23)12(24)3/h4-5,8-9,12H,6-7H2,1-3H3,(H,21,26). The van der Waals surface area contributed by atoms with Crippen molar-refractivity contribution in [3.8, 4) is 5.95 Å². The zero-order chi connectivity index (χ0) is 18.3. The van der Waals surface area contributed by atoms with Gasteiger partial charge in [-0.2, -0.15) is 9.78 Å². The lowest BCUT2D eigenvalue weighted by Gasteiger charge is -2.33. The van der Waals surface area contributed by atoms with Crippen molar-refractivity contribution in [2.45, 2.75) is 33.4 Å². The lowest BCUT2D eigenvalue weighted by atomic mass is 10.2. The maximum atomic E-state index is 12.8. The Bertz CT molecular complexity index is 940. The summed E-state index contributed by atoms with van der Waals surface area (Å²) >= 11 is 0. The van der Waals surface area contributed by atoms with Crippen molar-refractivity contribution in [3.05, 3.63) is 41.9 Å². The minimum atomic E-state index is -0.224. The number of nitrogens with zero attached hydrogens (tertiary/aromatic N) is 8. The van der Waals surface area contributed by atoms with E-state index in [0.29, 0.717) is 24.9 Å². The quantitative estimate of drug-likeness (QED) is 0.748. The molecule has 0 radical (unpaired) electrons. The zero-order valence-electron chi connectivity index (χ0n) is 14.8. The molecule has 0 saturated heterocycles. The number of carbonyl (C=O) groups excluding carboxylic acids is 1. The Kier molecular flexibility index (Phi) is 3.86. The SMILES string of the molecule is Cc1cc(C)nc(-n2nccc2NC(=O)N2CCn3cnnc3C2C)n1. The number of aryl methyl sites for hydroxylation is 2. The fourth-order valence-corrected chi connectivity index (χ4v) is 3.13. The maximum Gasteiger partial charge on any atom is 0.323 e. The van der Waals surface area contributed by atoms with E-state index < -0.39 is 0 Å². The Morgan fingerprint density at radius 2 is 2.00 bits per heavy atom. The number of carbonyl (C=O) groups is 1. The number of anilines is 1. The van der Waals surface area contributed by atoms with Crippen molar-refractivity contribution in [3.63, 3.8) is 0 Å². The molecule has 0 aliphatic carbocycles. The van der Waals surface area contributed by atoms with Gasteiger partial charge in [0.05, 0.1) is 12.2 Å². The average Bonchev–Trinajstić information content (AvgIpc) is 3.23. The van der Waals surface area contributed by atoms with Crippen molar-refractivity contribution >= 4 is 11.8 Å². The molecule has 1 N–H and O–H groups in total. The molecule has 0 spiro atoms. The topological polar surface area (TPSA) is 107 Å². The molecule has 10 heteroatoms. The van der Waals surface area contributed by atoms with Gasteiger partial charge in [0.1, 0.15) is 12.1 Å². The number of rotatable bonds is 2. The van der Waals surface area contributed by atoms with E-state index in [9.17, 15) is 4.79 Å². The molecular formula is C16H19N9O. The van der Waals surface area contributed by atoms with Crippen LogP contribution in [-0.2, 0) is 6.54 Å². The van der Waals surface area contributed by atoms with Gasteiger partial charge >= 0.3 is 6.03 Å². The van der Waals surface area contributed by atoms with Gasteiger partial charge in [-0.3, -0.25) is 5.32 Å². The summed E-state index contributed by atoms with van der Waals surface area (Å²) in [5.74, 6) is 1.71. The van der Waals surface area contributed by atoms with Crippen molar-refractivity contribution < 1.29 is 4.79 Å². The molecule has 3 aromatic rings. The molecule has 2 amide bonds. The first kappa shape index (κ1) is 16.2. The van der Waals surface area contributed by atoms with E-state index in [2.05, 4.69) is 30.6 Å². The van der Waals surface area contributed by atoms with Crippen LogP contribution < -0.4 is 5.32 Å². The second-order valence-electron chi connectivity index (χ2n) is 6.26. The summed E-state index contributed by atoms with van der Waals surface area (Å²) < 4.78 is 3.48. The first-order valence-electron chi connectivity index (χ1n) is 8.35. The molecule has 134 valence electrons. The average molecular weight is 353 g/mol. The van der Waals surface area contributed by atoms with Crippen LogP contribution in [0.1, 0.15) is 30.2 Å². The predicted octanol–water partition coefficient (Wildman–Crippen LogP) is 1.48. The highest BCUT2D eigenvalue weighted by Gasteiger charge is 2.29. The number of hydrogen-bond acceptors (Lipinski definition) is 6. The van der Waals surface area contributed by atoms with Gasteiger partial charge in [-0.1, -0.05) is 0 Å². The Morgan fingerprint density at radius 1 is 1.23 bits per heavy atom. The van der Waals surface area contributed by atoms with Crippen LogP contribution in [-0.4, -0.2) is 52.0 Å². The normalized spacial score (nSPS) is 16.4. The van der Waals surface area contributed by atoms with E-state index in [1.807, 2.05) is 31.4 Å². The summed E-state index contributed by atoms with van der Waals surface area (Å²) in [6.07, 6.45) is 3.29. The first-order valence-corrected chi connectivity index (χ1v) is 8.35. The second-order valence-corrected chi connectivity index (χ2v) is 6.26. The Labute approximate surface area is 149 Å². The van der Waals surface area contributed by atoms with E-state index in [0.717, 1.165) is 17.2 Å². The van der Waals surface area contributed by atoms with Crippen molar-refractivity contribution in [2.24, 2.45) is 0 Å². The summed E-state index contributed by atoms with van der Waals surface area (Å²) in [7, 11) is 0. The summed E-state index contributed by atoms with van der Waals surface area (Å²) in [6.45, 7) is 6.96. The van der Waals surface area contributed by atoms with Crippen LogP contribution >= 0.6 is 0 Å². The molecule has 10 nitrogen and oxygen atoms in total. The van der Waals surface area contributed by atoms with Crippen molar-refractivity contribution in [1.29, 1.82) is 0 Å². The highest BCUT2D eigenvalue weighted by Crippen LogP contribution is 2.23. The number of urea groups is 1. The van der Waals surface area contributed by atoms with Crippen molar-refractivity contribution in [1.82, 2.24) is 39.4 Å². The lowest BCUT2D eigenvalue weighted by molar-refractivity contribution is 0.172. The number of fused-ring (bicyclic) bond motifs is 1. The third-order valence-electron chi connectivity index (χ3n) is 4.37. The third kappa shape index (κ3) is 2.79. The molecular weight excluding hydrogens is 334 g/mol. The summed E-state index contributed by atoms with van der Waals surface area (Å²) in [4.78, 5) is 23.3. The van der Waals surface area contributed by atoms with Crippen molar-refractivity contribution in [2.75, 3.05) is 11.9 Å². The molecule has 0 aromatic carbocycles. The smallest absolute Gasteiger partial charge is 0.314 e. The maximum absolute atomic E-state index is 12.8. The highest BCUT2D eigenvalue weighted by molar-refractivity contribution is 5.89. The number of nitrogens with one attached hydrogen (secondary N) is 1. The van der Waals surface area contributed by atoms with E-state index in [1.54, 1.807) is 23.5 Å². The summed E-state index contributed by atoms with van der Waals surface area (Å²) in [6, 6.07) is 3.21. The van der Waals surface area contributed by atoms with Crippen LogP contribution in [0.2, 0.25) is 0 Å². The van der Waals surface area contributed by atoms with Gasteiger partial charge in [0.15, 0.2) is 5.82 Å². The van der Waals surface area contributed by atoms with E-state index in [-0.39, 0.29) is 12.1 Å². The Hall–Kier alpha value is -3.30. The van der Waals surface area contributed by atoms with Crippen LogP contribution in [0.3, 0.4) is 0 Å². The largest absolute Gasteiger partial charge is 0.323 e. The molecule has 0 fully saturated rings. The van der Waals surface area contributed by atoms with Crippen LogP contribution in [0, 0.1) is 13.8 Å². The summed E-state index contributed by atoms with van der Waals surface area (Å²) in [5, 5.41) is 15.2. The van der Waals surface area contributed by atoms with E-state index in [4.69, 9.17) is 0 Å². The molecule has 1 unspecified atom stereocenters. The van der Waals surface area contributed by atoms with Crippen LogP contribution in [0.4, 0.5) is 10.6 Å². The fraction of sp³-hybridized carbons (Fsp3) is 0.375. The van der Waals surface area contributed by atoms with Crippen LogP contribution in [0.15, 0.2) is 24.7 Å². The number of hydrogen-bond donors (Lipinski definition) is 1. The predicted molar refractivity (Wildman–Crippen MR) is 92.8 cm³/mol. The highest BCUT2D eigenvalue weighted by atomic mass is 16.2. The monoisotopic (exact) mass is 353 g/mol. The van der Waals surface area contributed by atoms with Crippen LogP contribution in [0.25, 0.3) is 5.95 Å². The van der Waals surface area contributed by atoms with Gasteiger partial charge in [0.2, 0.25) is 0 Å².